The van der Waals surface area contributed by atoms with Crippen molar-refractivity contribution in [3.8, 4) is 0 Å². The third-order valence-electron chi connectivity index (χ3n) is 5.18. The fourth-order valence-corrected chi connectivity index (χ4v) is 4.33. The first-order chi connectivity index (χ1) is 15.0. The molecule has 0 heterocycles. The standard InChI is InChI=1S/C23H30ClN3O4S/c1-6-25-23(29)18(4)26(14-19-12-10-16(2)11-13-19)22(28)15-27(32(5,30)31)21-9-7-8-20(24)17(21)3/h7-13,18H,6,14-15H2,1-5H3,(H,25,29)/t18-/m1/s1. The Labute approximate surface area is 195 Å². The van der Waals surface area contributed by atoms with Gasteiger partial charge in [0, 0.05) is 18.1 Å². The molecule has 0 saturated heterocycles. The minimum absolute atomic E-state index is 0.170. The number of nitrogens with zero attached hydrogens (tertiary/aromatic N) is 2. The van der Waals surface area contributed by atoms with E-state index in [1.54, 1.807) is 39.0 Å². The van der Waals surface area contributed by atoms with E-state index < -0.39 is 28.5 Å². The Balaban J connectivity index is 2.42. The number of benzene rings is 2. The Morgan fingerprint density at radius 3 is 2.28 bits per heavy atom. The molecule has 2 aromatic carbocycles. The van der Waals surface area contributed by atoms with Gasteiger partial charge in [0.15, 0.2) is 0 Å². The average molecular weight is 480 g/mol. The van der Waals surface area contributed by atoms with Crippen molar-refractivity contribution >= 4 is 39.1 Å². The van der Waals surface area contributed by atoms with Crippen molar-refractivity contribution < 1.29 is 18.0 Å². The monoisotopic (exact) mass is 479 g/mol. The molecule has 1 N–H and O–H groups in total. The second-order valence-corrected chi connectivity index (χ2v) is 10.0. The Bertz CT molecular complexity index is 1070. The molecule has 0 spiro atoms. The van der Waals surface area contributed by atoms with Crippen LogP contribution in [0.1, 0.15) is 30.5 Å². The largest absolute Gasteiger partial charge is 0.355 e. The highest BCUT2D eigenvalue weighted by Gasteiger charge is 2.30. The van der Waals surface area contributed by atoms with E-state index in [0.29, 0.717) is 22.8 Å². The molecule has 2 amide bonds. The summed E-state index contributed by atoms with van der Waals surface area (Å²) in [6.45, 7) is 7.23. The molecular weight excluding hydrogens is 450 g/mol. The number of aryl methyl sites for hydroxylation is 1. The smallest absolute Gasteiger partial charge is 0.244 e. The minimum Gasteiger partial charge on any atom is -0.355 e. The summed E-state index contributed by atoms with van der Waals surface area (Å²) in [7, 11) is -3.79. The summed E-state index contributed by atoms with van der Waals surface area (Å²) in [6.07, 6.45) is 1.04. The number of carbonyl (C=O) groups excluding carboxylic acids is 2. The number of rotatable bonds is 9. The molecule has 0 saturated carbocycles. The lowest BCUT2D eigenvalue weighted by Crippen LogP contribution is -2.51. The van der Waals surface area contributed by atoms with Crippen LogP contribution in [0.25, 0.3) is 0 Å². The lowest BCUT2D eigenvalue weighted by molar-refractivity contribution is -0.139. The highest BCUT2D eigenvalue weighted by Crippen LogP contribution is 2.28. The van der Waals surface area contributed by atoms with Crippen LogP contribution in [0.15, 0.2) is 42.5 Å². The van der Waals surface area contributed by atoms with E-state index in [1.807, 2.05) is 31.2 Å². The van der Waals surface area contributed by atoms with Gasteiger partial charge in [0.2, 0.25) is 21.8 Å². The number of carbonyl (C=O) groups is 2. The third-order valence-corrected chi connectivity index (χ3v) is 6.71. The van der Waals surface area contributed by atoms with E-state index in [-0.39, 0.29) is 12.5 Å². The van der Waals surface area contributed by atoms with Crippen molar-refractivity contribution in [2.45, 2.75) is 40.3 Å². The molecule has 0 aromatic heterocycles. The lowest BCUT2D eigenvalue weighted by Gasteiger charge is -2.32. The molecule has 0 bridgehead atoms. The van der Waals surface area contributed by atoms with Gasteiger partial charge in [-0.2, -0.15) is 0 Å². The summed E-state index contributed by atoms with van der Waals surface area (Å²) < 4.78 is 26.2. The van der Waals surface area contributed by atoms with Gasteiger partial charge in [0.1, 0.15) is 12.6 Å². The predicted molar refractivity (Wildman–Crippen MR) is 128 cm³/mol. The highest BCUT2D eigenvalue weighted by atomic mass is 35.5. The van der Waals surface area contributed by atoms with Crippen LogP contribution in [0.3, 0.4) is 0 Å². The van der Waals surface area contributed by atoms with Crippen molar-refractivity contribution in [1.29, 1.82) is 0 Å². The second kappa shape index (κ2) is 10.8. The van der Waals surface area contributed by atoms with Crippen LogP contribution in [0.5, 0.6) is 0 Å². The predicted octanol–water partition coefficient (Wildman–Crippen LogP) is 3.28. The van der Waals surface area contributed by atoms with Gasteiger partial charge >= 0.3 is 0 Å². The van der Waals surface area contributed by atoms with E-state index in [4.69, 9.17) is 11.6 Å². The number of nitrogens with one attached hydrogen (secondary N) is 1. The molecule has 2 rings (SSSR count). The first-order valence-electron chi connectivity index (χ1n) is 10.3. The van der Waals surface area contributed by atoms with Gasteiger partial charge in [-0.05, 0) is 51.0 Å². The quantitative estimate of drug-likeness (QED) is 0.598. The molecule has 0 aliphatic heterocycles. The molecular formula is C23H30ClN3O4S. The lowest BCUT2D eigenvalue weighted by atomic mass is 10.1. The summed E-state index contributed by atoms with van der Waals surface area (Å²) >= 11 is 6.18. The number of hydrogen-bond acceptors (Lipinski definition) is 4. The number of amides is 2. The molecule has 0 aliphatic rings. The second-order valence-electron chi connectivity index (χ2n) is 7.73. The molecule has 0 fully saturated rings. The minimum atomic E-state index is -3.79. The molecule has 9 heteroatoms. The molecule has 2 aromatic rings. The van der Waals surface area contributed by atoms with E-state index in [2.05, 4.69) is 5.32 Å². The maximum atomic E-state index is 13.4. The van der Waals surface area contributed by atoms with Crippen LogP contribution >= 0.6 is 11.6 Å². The number of likely N-dealkylation sites (N-methyl/N-ethyl adjacent to an activating group) is 1. The highest BCUT2D eigenvalue weighted by molar-refractivity contribution is 7.92. The van der Waals surface area contributed by atoms with Gasteiger partial charge in [-0.1, -0.05) is 47.5 Å². The topological polar surface area (TPSA) is 86.8 Å². The normalized spacial score (nSPS) is 12.2. The third kappa shape index (κ3) is 6.46. The van der Waals surface area contributed by atoms with Crippen molar-refractivity contribution in [3.63, 3.8) is 0 Å². The molecule has 174 valence electrons. The Hall–Kier alpha value is -2.58. The maximum Gasteiger partial charge on any atom is 0.244 e. The van der Waals surface area contributed by atoms with Crippen molar-refractivity contribution in [2.24, 2.45) is 0 Å². The zero-order valence-corrected chi connectivity index (χ0v) is 20.6. The Morgan fingerprint density at radius 1 is 1.09 bits per heavy atom. The Kier molecular flexibility index (Phi) is 8.69. The van der Waals surface area contributed by atoms with E-state index in [0.717, 1.165) is 21.7 Å². The van der Waals surface area contributed by atoms with Crippen molar-refractivity contribution in [3.05, 3.63) is 64.2 Å². The summed E-state index contributed by atoms with van der Waals surface area (Å²) in [5.41, 5.74) is 2.79. The zero-order chi connectivity index (χ0) is 24.1. The molecule has 0 unspecified atom stereocenters. The van der Waals surface area contributed by atoms with Crippen LogP contribution in [0.4, 0.5) is 5.69 Å². The van der Waals surface area contributed by atoms with E-state index >= 15 is 0 Å². The van der Waals surface area contributed by atoms with Gasteiger partial charge in [-0.15, -0.1) is 0 Å². The van der Waals surface area contributed by atoms with Gasteiger partial charge < -0.3 is 10.2 Å². The SMILES string of the molecule is CCNC(=O)[C@@H](C)N(Cc1ccc(C)cc1)C(=O)CN(c1cccc(Cl)c1C)S(C)(=O)=O. The molecule has 0 radical (unpaired) electrons. The van der Waals surface area contributed by atoms with Crippen LogP contribution in [0.2, 0.25) is 5.02 Å². The number of anilines is 1. The van der Waals surface area contributed by atoms with Crippen LogP contribution in [-0.2, 0) is 26.2 Å². The summed E-state index contributed by atoms with van der Waals surface area (Å²) in [5.74, 6) is -0.799. The molecule has 7 nitrogen and oxygen atoms in total. The van der Waals surface area contributed by atoms with Crippen molar-refractivity contribution in [2.75, 3.05) is 23.7 Å². The number of hydrogen-bond donors (Lipinski definition) is 1. The van der Waals surface area contributed by atoms with E-state index in [1.165, 1.54) is 4.90 Å². The van der Waals surface area contributed by atoms with Crippen LogP contribution in [-0.4, -0.2) is 50.5 Å². The van der Waals surface area contributed by atoms with Crippen LogP contribution < -0.4 is 9.62 Å². The molecule has 32 heavy (non-hydrogen) atoms. The van der Waals surface area contributed by atoms with Gasteiger partial charge in [-0.25, -0.2) is 8.42 Å². The fraction of sp³-hybridized carbons (Fsp3) is 0.391. The van der Waals surface area contributed by atoms with Crippen molar-refractivity contribution in [1.82, 2.24) is 10.2 Å². The summed E-state index contributed by atoms with van der Waals surface area (Å²) in [5, 5.41) is 3.12. The zero-order valence-electron chi connectivity index (χ0n) is 19.1. The van der Waals surface area contributed by atoms with E-state index in [9.17, 15) is 18.0 Å². The first kappa shape index (κ1) is 25.7. The number of sulfonamides is 1. The number of halogens is 1. The average Bonchev–Trinajstić information content (AvgIpc) is 2.72. The van der Waals surface area contributed by atoms with Gasteiger partial charge in [-0.3, -0.25) is 13.9 Å². The van der Waals surface area contributed by atoms with Gasteiger partial charge in [0.25, 0.3) is 0 Å². The molecule has 0 aliphatic carbocycles. The first-order valence-corrected chi connectivity index (χ1v) is 12.5. The maximum absolute atomic E-state index is 13.4. The van der Waals surface area contributed by atoms with Crippen LogP contribution in [0, 0.1) is 13.8 Å². The fourth-order valence-electron chi connectivity index (χ4n) is 3.26. The summed E-state index contributed by atoms with van der Waals surface area (Å²) in [6, 6.07) is 11.7. The molecule has 1 atom stereocenters. The van der Waals surface area contributed by atoms with Gasteiger partial charge in [0.05, 0.1) is 11.9 Å². The Morgan fingerprint density at radius 2 is 1.72 bits per heavy atom. The summed E-state index contributed by atoms with van der Waals surface area (Å²) in [4.78, 5) is 27.3.